The number of aromatic nitrogens is 2. The van der Waals surface area contributed by atoms with Crippen molar-refractivity contribution in [3.05, 3.63) is 46.6 Å². The molecule has 18 heavy (non-hydrogen) atoms. The molecular formula is C11H8BrFN4O. The van der Waals surface area contributed by atoms with Crippen LogP contribution in [0.4, 0.5) is 4.39 Å². The molecule has 3 N–H and O–H groups in total. The van der Waals surface area contributed by atoms with Gasteiger partial charge in [-0.25, -0.2) is 14.4 Å². The Kier molecular flexibility index (Phi) is 3.52. The summed E-state index contributed by atoms with van der Waals surface area (Å²) in [5.41, 5.74) is 5.49. The molecule has 0 fully saturated rings. The fourth-order valence-corrected chi connectivity index (χ4v) is 1.50. The monoisotopic (exact) mass is 310 g/mol. The van der Waals surface area contributed by atoms with Gasteiger partial charge in [-0.3, -0.25) is 5.41 Å². The summed E-state index contributed by atoms with van der Waals surface area (Å²) in [6.07, 6.45) is 2.62. The lowest BCUT2D eigenvalue weighted by atomic mass is 10.3. The normalized spacial score (nSPS) is 10.1. The zero-order valence-corrected chi connectivity index (χ0v) is 10.6. The van der Waals surface area contributed by atoms with E-state index in [2.05, 4.69) is 25.9 Å². The molecule has 2 rings (SSSR count). The molecule has 0 saturated heterocycles. The number of benzene rings is 1. The van der Waals surface area contributed by atoms with Gasteiger partial charge in [-0.05, 0) is 28.1 Å². The molecule has 0 aliphatic rings. The predicted octanol–water partition coefficient (Wildman–Crippen LogP) is 2.45. The van der Waals surface area contributed by atoms with Crippen molar-refractivity contribution in [2.45, 2.75) is 0 Å². The van der Waals surface area contributed by atoms with Crippen molar-refractivity contribution in [1.82, 2.24) is 9.97 Å². The Bertz CT molecular complexity index is 588. The van der Waals surface area contributed by atoms with E-state index in [-0.39, 0.29) is 17.4 Å². The van der Waals surface area contributed by atoms with Crippen molar-refractivity contribution < 1.29 is 9.13 Å². The van der Waals surface area contributed by atoms with Crippen LogP contribution in [0.3, 0.4) is 0 Å². The quantitative estimate of drug-likeness (QED) is 0.673. The molecule has 0 spiro atoms. The molecule has 2 aromatic rings. The number of hydrogen-bond acceptors (Lipinski definition) is 4. The summed E-state index contributed by atoms with van der Waals surface area (Å²) in [7, 11) is 0. The first-order valence-corrected chi connectivity index (χ1v) is 5.65. The lowest BCUT2D eigenvalue weighted by Crippen LogP contribution is -2.13. The van der Waals surface area contributed by atoms with Crippen LogP contribution in [0.2, 0.25) is 0 Å². The molecule has 0 aliphatic carbocycles. The number of amidine groups is 1. The summed E-state index contributed by atoms with van der Waals surface area (Å²) in [4.78, 5) is 7.80. The third-order valence-corrected chi connectivity index (χ3v) is 2.67. The van der Waals surface area contributed by atoms with Crippen LogP contribution in [0.15, 0.2) is 35.1 Å². The van der Waals surface area contributed by atoms with E-state index in [1.165, 1.54) is 30.6 Å². The Balaban J connectivity index is 2.23. The Morgan fingerprint density at radius 2 is 2.11 bits per heavy atom. The molecule has 1 heterocycles. The predicted molar refractivity (Wildman–Crippen MR) is 67.2 cm³/mol. The largest absolute Gasteiger partial charge is 0.436 e. The number of hydrogen-bond donors (Lipinski definition) is 2. The van der Waals surface area contributed by atoms with Crippen LogP contribution in [-0.4, -0.2) is 15.8 Å². The lowest BCUT2D eigenvalue weighted by Gasteiger charge is -2.06. The lowest BCUT2D eigenvalue weighted by molar-refractivity contribution is 0.452. The fraction of sp³-hybridized carbons (Fsp3) is 0. The van der Waals surface area contributed by atoms with Gasteiger partial charge in [-0.15, -0.1) is 0 Å². The number of rotatable bonds is 3. The molecule has 7 heteroatoms. The van der Waals surface area contributed by atoms with Crippen LogP contribution >= 0.6 is 15.9 Å². The van der Waals surface area contributed by atoms with Crippen LogP contribution in [0.1, 0.15) is 5.69 Å². The third-order valence-electron chi connectivity index (χ3n) is 2.01. The smallest absolute Gasteiger partial charge is 0.237 e. The van der Waals surface area contributed by atoms with Gasteiger partial charge in [0, 0.05) is 6.07 Å². The van der Waals surface area contributed by atoms with Gasteiger partial charge in [0.05, 0.1) is 16.9 Å². The Hall–Kier alpha value is -2.02. The van der Waals surface area contributed by atoms with Gasteiger partial charge < -0.3 is 10.5 Å². The molecule has 92 valence electrons. The number of nitrogen functional groups attached to an aromatic ring is 1. The molecule has 0 bridgehead atoms. The van der Waals surface area contributed by atoms with Gasteiger partial charge in [0.25, 0.3) is 0 Å². The Morgan fingerprint density at radius 3 is 2.72 bits per heavy atom. The number of nitrogens with zero attached hydrogens (tertiary/aromatic N) is 2. The van der Waals surface area contributed by atoms with E-state index in [0.717, 1.165) is 0 Å². The molecule has 0 radical (unpaired) electrons. The number of ether oxygens (including phenoxy) is 1. The molecule has 1 aromatic carbocycles. The maximum Gasteiger partial charge on any atom is 0.237 e. The number of halogens is 2. The number of nitrogens with one attached hydrogen (secondary N) is 1. The van der Waals surface area contributed by atoms with Crippen LogP contribution in [0.25, 0.3) is 0 Å². The summed E-state index contributed by atoms with van der Waals surface area (Å²) in [5.74, 6) is -0.117. The van der Waals surface area contributed by atoms with Crippen LogP contribution < -0.4 is 10.5 Å². The molecule has 1 aromatic heterocycles. The second kappa shape index (κ2) is 5.09. The average Bonchev–Trinajstić information content (AvgIpc) is 2.34. The standard InChI is InChI=1S/C11H8BrFN4O/c12-7-2-1-6(13)3-9(7)18-10-5-16-8(4-17-10)11(14)15/h1-5H,(H3,14,15). The highest BCUT2D eigenvalue weighted by Gasteiger charge is 2.06. The summed E-state index contributed by atoms with van der Waals surface area (Å²) >= 11 is 3.23. The molecule has 0 amide bonds. The SMILES string of the molecule is N=C(N)c1cnc(Oc2cc(F)ccc2Br)cn1. The molecule has 0 saturated carbocycles. The highest BCUT2D eigenvalue weighted by molar-refractivity contribution is 9.10. The second-order valence-corrected chi connectivity index (χ2v) is 4.18. The first-order valence-electron chi connectivity index (χ1n) is 4.85. The van der Waals surface area contributed by atoms with Crippen LogP contribution in [0.5, 0.6) is 11.6 Å². The minimum absolute atomic E-state index is 0.180. The van der Waals surface area contributed by atoms with Crippen molar-refractivity contribution in [1.29, 1.82) is 5.41 Å². The van der Waals surface area contributed by atoms with E-state index in [4.69, 9.17) is 15.9 Å². The molecular weight excluding hydrogens is 303 g/mol. The van der Waals surface area contributed by atoms with Gasteiger partial charge in [0.2, 0.25) is 5.88 Å². The van der Waals surface area contributed by atoms with E-state index in [0.29, 0.717) is 10.2 Å². The topological polar surface area (TPSA) is 84.9 Å². The minimum Gasteiger partial charge on any atom is -0.436 e. The van der Waals surface area contributed by atoms with Crippen molar-refractivity contribution in [2.24, 2.45) is 5.73 Å². The third kappa shape index (κ3) is 2.80. The maximum atomic E-state index is 13.0. The van der Waals surface area contributed by atoms with Crippen LogP contribution in [0, 0.1) is 11.2 Å². The first-order chi connectivity index (χ1) is 8.56. The van der Waals surface area contributed by atoms with Gasteiger partial charge >= 0.3 is 0 Å². The zero-order chi connectivity index (χ0) is 13.1. The number of nitrogens with two attached hydrogens (primary N) is 1. The maximum absolute atomic E-state index is 13.0. The summed E-state index contributed by atoms with van der Waals surface area (Å²) in [5, 5.41) is 7.17. The average molecular weight is 311 g/mol. The van der Waals surface area contributed by atoms with E-state index in [9.17, 15) is 4.39 Å². The van der Waals surface area contributed by atoms with E-state index in [1.54, 1.807) is 0 Å². The summed E-state index contributed by atoms with van der Waals surface area (Å²) < 4.78 is 19.0. The highest BCUT2D eigenvalue weighted by atomic mass is 79.9. The summed E-state index contributed by atoms with van der Waals surface area (Å²) in [6.45, 7) is 0. The Morgan fingerprint density at radius 1 is 1.33 bits per heavy atom. The van der Waals surface area contributed by atoms with E-state index < -0.39 is 5.82 Å². The van der Waals surface area contributed by atoms with Crippen molar-refractivity contribution in [3.8, 4) is 11.6 Å². The molecule has 0 unspecified atom stereocenters. The minimum atomic E-state index is -0.415. The van der Waals surface area contributed by atoms with Gasteiger partial charge in [-0.2, -0.15) is 0 Å². The van der Waals surface area contributed by atoms with Crippen LogP contribution in [-0.2, 0) is 0 Å². The molecule has 0 aliphatic heterocycles. The highest BCUT2D eigenvalue weighted by Crippen LogP contribution is 2.28. The van der Waals surface area contributed by atoms with Crippen molar-refractivity contribution in [2.75, 3.05) is 0 Å². The van der Waals surface area contributed by atoms with E-state index >= 15 is 0 Å². The first kappa shape index (κ1) is 12.4. The zero-order valence-electron chi connectivity index (χ0n) is 9.02. The van der Waals surface area contributed by atoms with Crippen molar-refractivity contribution in [3.63, 3.8) is 0 Å². The van der Waals surface area contributed by atoms with Gasteiger partial charge in [0.1, 0.15) is 23.1 Å². The summed E-state index contributed by atoms with van der Waals surface area (Å²) in [6, 6.07) is 4.06. The van der Waals surface area contributed by atoms with E-state index in [1.807, 2.05) is 0 Å². The van der Waals surface area contributed by atoms with Gasteiger partial charge in [-0.1, -0.05) is 0 Å². The van der Waals surface area contributed by atoms with Crippen molar-refractivity contribution >= 4 is 21.8 Å². The molecule has 0 atom stereocenters. The second-order valence-electron chi connectivity index (χ2n) is 3.33. The van der Waals surface area contributed by atoms with Gasteiger partial charge in [0.15, 0.2) is 0 Å². The Labute approximate surface area is 110 Å². The fourth-order valence-electron chi connectivity index (χ4n) is 1.18. The molecule has 5 nitrogen and oxygen atoms in total.